The Kier molecular flexibility index (Phi) is 3.80. The van der Waals surface area contributed by atoms with E-state index in [0.717, 1.165) is 12.4 Å². The van der Waals surface area contributed by atoms with Crippen LogP contribution < -0.4 is 10.9 Å². The molecule has 0 saturated carbocycles. The largest absolute Gasteiger partial charge is 0.353 e. The number of fused-ring (bicyclic) bond motifs is 1. The number of rotatable bonds is 5. The Hall–Kier alpha value is -3.00. The fourth-order valence-corrected chi connectivity index (χ4v) is 3.17. The molecule has 4 rings (SSSR count). The molecule has 0 fully saturated rings. The van der Waals surface area contributed by atoms with Crippen molar-refractivity contribution >= 4 is 21.4 Å². The van der Waals surface area contributed by atoms with Gasteiger partial charge in [-0.25, -0.2) is 9.97 Å². The minimum atomic E-state index is -0.185. The Labute approximate surface area is 141 Å². The van der Waals surface area contributed by atoms with Crippen molar-refractivity contribution in [3.63, 3.8) is 0 Å². The summed E-state index contributed by atoms with van der Waals surface area (Å²) in [4.78, 5) is 20.8. The first-order valence-corrected chi connectivity index (χ1v) is 8.24. The number of anilines is 1. The van der Waals surface area contributed by atoms with Gasteiger partial charge in [0.1, 0.15) is 5.82 Å². The summed E-state index contributed by atoms with van der Waals surface area (Å²) < 4.78 is 3.38. The fourth-order valence-electron chi connectivity index (χ4n) is 2.40. The van der Waals surface area contributed by atoms with Gasteiger partial charge in [0.05, 0.1) is 6.54 Å². The van der Waals surface area contributed by atoms with Gasteiger partial charge in [-0.3, -0.25) is 4.79 Å². The molecule has 0 amide bonds. The Morgan fingerprint density at radius 3 is 2.79 bits per heavy atom. The molecule has 8 heteroatoms. The molecule has 0 aliphatic carbocycles. The average Bonchev–Trinajstić information content (AvgIpc) is 3.21. The first-order valence-electron chi connectivity index (χ1n) is 7.42. The highest BCUT2D eigenvalue weighted by Crippen LogP contribution is 2.16. The third kappa shape index (κ3) is 2.91. The van der Waals surface area contributed by atoms with Gasteiger partial charge in [0.15, 0.2) is 0 Å². The molecule has 1 N–H and O–H groups in total. The van der Waals surface area contributed by atoms with E-state index in [1.54, 1.807) is 6.20 Å². The lowest BCUT2D eigenvalue weighted by atomic mass is 10.2. The lowest BCUT2D eigenvalue weighted by Gasteiger charge is -2.08. The summed E-state index contributed by atoms with van der Waals surface area (Å²) in [5.74, 6) is 0.901. The summed E-state index contributed by atoms with van der Waals surface area (Å²) >= 11 is 1.34. The number of hydrogen-bond acceptors (Lipinski definition) is 6. The van der Waals surface area contributed by atoms with Gasteiger partial charge >= 0.3 is 0 Å². The van der Waals surface area contributed by atoms with E-state index in [1.165, 1.54) is 33.7 Å². The molecular weight excluding hydrogens is 324 g/mol. The zero-order chi connectivity index (χ0) is 16.4. The van der Waals surface area contributed by atoms with Gasteiger partial charge in [-0.05, 0) is 5.56 Å². The van der Waals surface area contributed by atoms with Crippen LogP contribution in [0.2, 0.25) is 0 Å². The SMILES string of the molecule is O=c1ccnc2sc(NCc3nccn3Cc3ccccc3)nn12. The molecule has 4 aromatic rings. The van der Waals surface area contributed by atoms with E-state index in [0.29, 0.717) is 16.6 Å². The smallest absolute Gasteiger partial charge is 0.275 e. The maximum absolute atomic E-state index is 11.7. The monoisotopic (exact) mass is 338 g/mol. The van der Waals surface area contributed by atoms with Crippen LogP contribution in [-0.4, -0.2) is 24.1 Å². The minimum absolute atomic E-state index is 0.185. The Bertz CT molecular complexity index is 1020. The van der Waals surface area contributed by atoms with Crippen molar-refractivity contribution in [2.24, 2.45) is 0 Å². The summed E-state index contributed by atoms with van der Waals surface area (Å²) in [5.41, 5.74) is 1.03. The maximum Gasteiger partial charge on any atom is 0.275 e. The van der Waals surface area contributed by atoms with Crippen LogP contribution in [-0.2, 0) is 13.1 Å². The van der Waals surface area contributed by atoms with Crippen LogP contribution in [0, 0.1) is 0 Å². The number of nitrogens with one attached hydrogen (secondary N) is 1. The van der Waals surface area contributed by atoms with E-state index in [2.05, 4.69) is 37.1 Å². The molecule has 24 heavy (non-hydrogen) atoms. The lowest BCUT2D eigenvalue weighted by molar-refractivity contribution is 0.734. The second-order valence-corrected chi connectivity index (χ2v) is 6.15. The average molecular weight is 338 g/mol. The first kappa shape index (κ1) is 14.6. The normalized spacial score (nSPS) is 11.0. The molecule has 0 saturated heterocycles. The predicted octanol–water partition coefficient (Wildman–Crippen LogP) is 2.01. The molecule has 1 aromatic carbocycles. The van der Waals surface area contributed by atoms with Gasteiger partial charge in [-0.2, -0.15) is 4.52 Å². The van der Waals surface area contributed by atoms with Crippen LogP contribution >= 0.6 is 11.3 Å². The zero-order valence-electron chi connectivity index (χ0n) is 12.7. The van der Waals surface area contributed by atoms with Crippen molar-refractivity contribution in [2.75, 3.05) is 5.32 Å². The zero-order valence-corrected chi connectivity index (χ0v) is 13.5. The molecular formula is C16H14N6OS. The van der Waals surface area contributed by atoms with Crippen molar-refractivity contribution in [2.45, 2.75) is 13.1 Å². The highest BCUT2D eigenvalue weighted by molar-refractivity contribution is 7.20. The van der Waals surface area contributed by atoms with E-state index in [1.807, 2.05) is 24.4 Å². The number of imidazole rings is 1. The molecule has 120 valence electrons. The lowest BCUT2D eigenvalue weighted by Crippen LogP contribution is -2.13. The standard InChI is InChI=1S/C16H14N6OS/c23-14-6-7-18-16-22(14)20-15(24-16)19-10-13-17-8-9-21(13)11-12-4-2-1-3-5-12/h1-9H,10-11H2,(H,19,20). The third-order valence-corrected chi connectivity index (χ3v) is 4.45. The second kappa shape index (κ2) is 6.25. The van der Waals surface area contributed by atoms with Crippen molar-refractivity contribution in [1.29, 1.82) is 0 Å². The molecule has 0 aliphatic rings. The number of aromatic nitrogens is 5. The first-order chi connectivity index (χ1) is 11.8. The van der Waals surface area contributed by atoms with Crippen LogP contribution in [0.1, 0.15) is 11.4 Å². The highest BCUT2D eigenvalue weighted by Gasteiger charge is 2.08. The Morgan fingerprint density at radius 2 is 1.96 bits per heavy atom. The third-order valence-electron chi connectivity index (χ3n) is 3.57. The summed E-state index contributed by atoms with van der Waals surface area (Å²) in [6.07, 6.45) is 5.23. The van der Waals surface area contributed by atoms with E-state index >= 15 is 0 Å². The topological polar surface area (TPSA) is 77.1 Å². The molecule has 3 aromatic heterocycles. The van der Waals surface area contributed by atoms with Gasteiger partial charge in [0.2, 0.25) is 10.1 Å². The molecule has 7 nitrogen and oxygen atoms in total. The van der Waals surface area contributed by atoms with Gasteiger partial charge in [0.25, 0.3) is 5.56 Å². The van der Waals surface area contributed by atoms with Crippen LogP contribution in [0.15, 0.2) is 59.8 Å². The van der Waals surface area contributed by atoms with E-state index in [9.17, 15) is 4.79 Å². The van der Waals surface area contributed by atoms with E-state index in [4.69, 9.17) is 0 Å². The number of benzene rings is 1. The molecule has 3 heterocycles. The maximum atomic E-state index is 11.7. The van der Waals surface area contributed by atoms with Gasteiger partial charge < -0.3 is 9.88 Å². The van der Waals surface area contributed by atoms with Crippen LogP contribution in [0.3, 0.4) is 0 Å². The van der Waals surface area contributed by atoms with Gasteiger partial charge in [0, 0.05) is 31.2 Å². The quantitative estimate of drug-likeness (QED) is 0.602. The number of nitrogens with zero attached hydrogens (tertiary/aromatic N) is 5. The summed E-state index contributed by atoms with van der Waals surface area (Å²) in [6, 6.07) is 11.6. The van der Waals surface area contributed by atoms with Crippen LogP contribution in [0.25, 0.3) is 4.96 Å². The van der Waals surface area contributed by atoms with Crippen molar-refractivity contribution in [3.05, 3.63) is 76.7 Å². The Balaban J connectivity index is 1.51. The van der Waals surface area contributed by atoms with Crippen molar-refractivity contribution in [3.8, 4) is 0 Å². The van der Waals surface area contributed by atoms with Gasteiger partial charge in [-0.15, -0.1) is 5.10 Å². The van der Waals surface area contributed by atoms with Gasteiger partial charge in [-0.1, -0.05) is 41.7 Å². The number of hydrogen-bond donors (Lipinski definition) is 1. The summed E-state index contributed by atoms with van der Waals surface area (Å²) in [6.45, 7) is 1.28. The van der Waals surface area contributed by atoms with E-state index < -0.39 is 0 Å². The second-order valence-electron chi connectivity index (χ2n) is 5.20. The molecule has 0 atom stereocenters. The summed E-state index contributed by atoms with van der Waals surface area (Å²) in [7, 11) is 0. The molecule has 0 spiro atoms. The summed E-state index contributed by atoms with van der Waals surface area (Å²) in [5, 5.41) is 8.09. The van der Waals surface area contributed by atoms with Crippen molar-refractivity contribution < 1.29 is 0 Å². The fraction of sp³-hybridized carbons (Fsp3) is 0.125. The highest BCUT2D eigenvalue weighted by atomic mass is 32.1. The Morgan fingerprint density at radius 1 is 1.08 bits per heavy atom. The molecule has 0 bridgehead atoms. The van der Waals surface area contributed by atoms with Crippen LogP contribution in [0.4, 0.5) is 5.13 Å². The van der Waals surface area contributed by atoms with E-state index in [-0.39, 0.29) is 5.56 Å². The molecule has 0 aliphatic heterocycles. The van der Waals surface area contributed by atoms with Crippen molar-refractivity contribution in [1.82, 2.24) is 24.1 Å². The van der Waals surface area contributed by atoms with Crippen LogP contribution in [0.5, 0.6) is 0 Å². The minimum Gasteiger partial charge on any atom is -0.353 e. The predicted molar refractivity (Wildman–Crippen MR) is 92.2 cm³/mol. The molecule has 0 unspecified atom stereocenters. The molecule has 0 radical (unpaired) electrons.